The van der Waals surface area contributed by atoms with Crippen LogP contribution in [0.5, 0.6) is 0 Å². The predicted molar refractivity (Wildman–Crippen MR) is 106 cm³/mol. The van der Waals surface area contributed by atoms with Gasteiger partial charge in [-0.1, -0.05) is 17.7 Å². The Hall–Kier alpha value is -2.48. The lowest BCUT2D eigenvalue weighted by Gasteiger charge is -2.09. The van der Waals surface area contributed by atoms with E-state index in [1.807, 2.05) is 13.0 Å². The molecule has 3 aromatic rings. The summed E-state index contributed by atoms with van der Waals surface area (Å²) < 4.78 is 38.8. The van der Waals surface area contributed by atoms with Gasteiger partial charge in [-0.2, -0.15) is 0 Å². The molecule has 28 heavy (non-hydrogen) atoms. The molecule has 5 nitrogen and oxygen atoms in total. The van der Waals surface area contributed by atoms with Gasteiger partial charge in [0.2, 0.25) is 15.8 Å². The number of nitrogens with zero attached hydrogens (tertiary/aromatic N) is 1. The minimum atomic E-state index is -3.97. The SMILES string of the molecule is Cc1cc(Cc2ccc(S(N)(=O)=O)cc2F)n(C)c1C(=O)c1ccc(Cl)cc1. The Kier molecular flexibility index (Phi) is 5.43. The molecule has 0 aliphatic rings. The van der Waals surface area contributed by atoms with Gasteiger partial charge in [0.1, 0.15) is 5.82 Å². The van der Waals surface area contributed by atoms with Gasteiger partial charge in [0.05, 0.1) is 10.6 Å². The van der Waals surface area contributed by atoms with Crippen LogP contribution in [0.1, 0.15) is 32.9 Å². The number of aryl methyl sites for hydroxylation is 1. The molecule has 0 saturated heterocycles. The zero-order chi connectivity index (χ0) is 20.6. The molecule has 0 saturated carbocycles. The molecule has 0 radical (unpaired) electrons. The lowest BCUT2D eigenvalue weighted by molar-refractivity contribution is 0.103. The quantitative estimate of drug-likeness (QED) is 0.640. The summed E-state index contributed by atoms with van der Waals surface area (Å²) in [7, 11) is -2.23. The summed E-state index contributed by atoms with van der Waals surface area (Å²) in [5, 5.41) is 5.57. The van der Waals surface area contributed by atoms with Crippen LogP contribution in [-0.2, 0) is 23.5 Å². The van der Waals surface area contributed by atoms with E-state index in [1.54, 1.807) is 35.9 Å². The number of aromatic nitrogens is 1. The van der Waals surface area contributed by atoms with Crippen molar-refractivity contribution in [1.82, 2.24) is 4.57 Å². The van der Waals surface area contributed by atoms with Crippen molar-refractivity contribution in [2.24, 2.45) is 12.2 Å². The molecule has 3 rings (SSSR count). The van der Waals surface area contributed by atoms with Crippen LogP contribution < -0.4 is 5.14 Å². The molecule has 0 fully saturated rings. The minimum absolute atomic E-state index is 0.159. The lowest BCUT2D eigenvalue weighted by Crippen LogP contribution is -2.13. The highest BCUT2D eigenvalue weighted by molar-refractivity contribution is 7.89. The first kappa shape index (κ1) is 20.3. The third kappa shape index (κ3) is 4.01. The van der Waals surface area contributed by atoms with E-state index in [0.717, 1.165) is 17.3 Å². The van der Waals surface area contributed by atoms with E-state index in [0.29, 0.717) is 21.8 Å². The van der Waals surface area contributed by atoms with Gasteiger partial charge in [0.25, 0.3) is 0 Å². The van der Waals surface area contributed by atoms with Crippen molar-refractivity contribution in [2.45, 2.75) is 18.2 Å². The van der Waals surface area contributed by atoms with Crippen molar-refractivity contribution in [2.75, 3.05) is 0 Å². The molecule has 0 bridgehead atoms. The van der Waals surface area contributed by atoms with Gasteiger partial charge in [-0.25, -0.2) is 17.9 Å². The molecule has 8 heteroatoms. The summed E-state index contributed by atoms with van der Waals surface area (Å²) in [6, 6.07) is 12.0. The van der Waals surface area contributed by atoms with Crippen LogP contribution in [0.3, 0.4) is 0 Å². The van der Waals surface area contributed by atoms with Gasteiger partial charge in [-0.3, -0.25) is 4.79 Å². The number of benzene rings is 2. The van der Waals surface area contributed by atoms with E-state index >= 15 is 0 Å². The number of rotatable bonds is 5. The number of carbonyl (C=O) groups excluding carboxylic acids is 1. The number of sulfonamides is 1. The molecule has 0 aliphatic heterocycles. The Morgan fingerprint density at radius 3 is 2.36 bits per heavy atom. The van der Waals surface area contributed by atoms with Crippen molar-refractivity contribution < 1.29 is 17.6 Å². The van der Waals surface area contributed by atoms with Crippen molar-refractivity contribution in [3.05, 3.63) is 87.4 Å². The van der Waals surface area contributed by atoms with Crippen LogP contribution in [0, 0.1) is 12.7 Å². The highest BCUT2D eigenvalue weighted by atomic mass is 35.5. The predicted octanol–water partition coefficient (Wildman–Crippen LogP) is 3.60. The van der Waals surface area contributed by atoms with E-state index < -0.39 is 15.8 Å². The monoisotopic (exact) mass is 420 g/mol. The van der Waals surface area contributed by atoms with Gasteiger partial charge in [-0.05, 0) is 60.5 Å². The van der Waals surface area contributed by atoms with Gasteiger partial charge in [0, 0.05) is 29.7 Å². The Labute approximate surface area is 167 Å². The maximum absolute atomic E-state index is 14.4. The molecular weight excluding hydrogens is 403 g/mol. The topological polar surface area (TPSA) is 82.2 Å². The minimum Gasteiger partial charge on any atom is -0.344 e. The zero-order valence-corrected chi connectivity index (χ0v) is 16.8. The van der Waals surface area contributed by atoms with Crippen LogP contribution in [0.25, 0.3) is 0 Å². The molecule has 0 unspecified atom stereocenters. The highest BCUT2D eigenvalue weighted by Gasteiger charge is 2.20. The van der Waals surface area contributed by atoms with Gasteiger partial charge in [-0.15, -0.1) is 0 Å². The van der Waals surface area contributed by atoms with Crippen LogP contribution in [-0.4, -0.2) is 18.8 Å². The number of ketones is 1. The Bertz CT molecular complexity index is 1170. The Morgan fingerprint density at radius 1 is 1.14 bits per heavy atom. The normalized spacial score (nSPS) is 11.6. The standard InChI is InChI=1S/C20H18ClFN2O3S/c1-12-9-16(10-14-5-8-17(11-18(14)22)28(23,26)27)24(2)19(12)20(25)13-3-6-15(21)7-4-13/h3-9,11H,10H2,1-2H3,(H2,23,26,27). The second kappa shape index (κ2) is 7.50. The molecule has 146 valence electrons. The largest absolute Gasteiger partial charge is 0.344 e. The average Bonchev–Trinajstić information content (AvgIpc) is 2.89. The highest BCUT2D eigenvalue weighted by Crippen LogP contribution is 2.23. The Morgan fingerprint density at radius 2 is 1.79 bits per heavy atom. The summed E-state index contributed by atoms with van der Waals surface area (Å²) in [5.41, 5.74) is 2.79. The van der Waals surface area contributed by atoms with Crippen LogP contribution in [0.2, 0.25) is 5.02 Å². The number of hydrogen-bond acceptors (Lipinski definition) is 3. The fourth-order valence-electron chi connectivity index (χ4n) is 3.11. The average molecular weight is 421 g/mol. The second-order valence-corrected chi connectivity index (χ2v) is 8.54. The van der Waals surface area contributed by atoms with Gasteiger partial charge < -0.3 is 4.57 Å². The maximum atomic E-state index is 14.4. The number of hydrogen-bond donors (Lipinski definition) is 1. The molecule has 0 amide bonds. The molecule has 2 N–H and O–H groups in total. The molecule has 0 aliphatic carbocycles. The molecule has 1 aromatic heterocycles. The third-order valence-corrected chi connectivity index (χ3v) is 5.73. The summed E-state index contributed by atoms with van der Waals surface area (Å²) in [4.78, 5) is 12.6. The molecule has 0 atom stereocenters. The Balaban J connectivity index is 1.94. The van der Waals surface area contributed by atoms with Crippen LogP contribution >= 0.6 is 11.6 Å². The van der Waals surface area contributed by atoms with Crippen molar-refractivity contribution in [1.29, 1.82) is 0 Å². The van der Waals surface area contributed by atoms with Crippen LogP contribution in [0.4, 0.5) is 4.39 Å². The fourth-order valence-corrected chi connectivity index (χ4v) is 3.76. The third-order valence-electron chi connectivity index (χ3n) is 4.57. The summed E-state index contributed by atoms with van der Waals surface area (Å²) in [5.74, 6) is -0.830. The van der Waals surface area contributed by atoms with E-state index in [4.69, 9.17) is 16.7 Å². The van der Waals surface area contributed by atoms with E-state index in [1.165, 1.54) is 12.1 Å². The lowest BCUT2D eigenvalue weighted by atomic mass is 10.1. The maximum Gasteiger partial charge on any atom is 0.238 e. The summed E-state index contributed by atoms with van der Waals surface area (Å²) >= 11 is 5.88. The van der Waals surface area contributed by atoms with E-state index in [9.17, 15) is 17.6 Å². The smallest absolute Gasteiger partial charge is 0.238 e. The first-order chi connectivity index (χ1) is 13.1. The number of halogens is 2. The molecular formula is C20H18ClFN2O3S. The molecule has 2 aromatic carbocycles. The number of carbonyl (C=O) groups is 1. The van der Waals surface area contributed by atoms with Crippen molar-refractivity contribution >= 4 is 27.4 Å². The summed E-state index contributed by atoms with van der Waals surface area (Å²) in [6.45, 7) is 1.81. The molecule has 0 spiro atoms. The number of primary sulfonamides is 1. The van der Waals surface area contributed by atoms with Gasteiger partial charge >= 0.3 is 0 Å². The summed E-state index contributed by atoms with van der Waals surface area (Å²) in [6.07, 6.45) is 0.196. The zero-order valence-electron chi connectivity index (χ0n) is 15.2. The molecule has 1 heterocycles. The second-order valence-electron chi connectivity index (χ2n) is 6.54. The van der Waals surface area contributed by atoms with Crippen molar-refractivity contribution in [3.63, 3.8) is 0 Å². The number of nitrogens with two attached hydrogens (primary N) is 1. The first-order valence-corrected chi connectivity index (χ1v) is 10.3. The van der Waals surface area contributed by atoms with Gasteiger partial charge in [0.15, 0.2) is 0 Å². The van der Waals surface area contributed by atoms with E-state index in [-0.39, 0.29) is 17.1 Å². The fraction of sp³-hybridized carbons (Fsp3) is 0.150. The van der Waals surface area contributed by atoms with Crippen molar-refractivity contribution in [3.8, 4) is 0 Å². The first-order valence-electron chi connectivity index (χ1n) is 8.34. The van der Waals surface area contributed by atoms with Crippen LogP contribution in [0.15, 0.2) is 53.4 Å². The van der Waals surface area contributed by atoms with E-state index in [2.05, 4.69) is 0 Å².